The number of hydrogen-bond donors (Lipinski definition) is 1. The van der Waals surface area contributed by atoms with Gasteiger partial charge in [0.2, 0.25) is 10.1 Å². The molecule has 7 heteroatoms. The zero-order valence-corrected chi connectivity index (χ0v) is 14.6. The summed E-state index contributed by atoms with van der Waals surface area (Å²) in [7, 11) is 0. The third-order valence-electron chi connectivity index (χ3n) is 4.23. The lowest BCUT2D eigenvalue weighted by atomic mass is 9.89. The van der Waals surface area contributed by atoms with Crippen LogP contribution in [0.15, 0.2) is 6.20 Å². The molecule has 2 aromatic rings. The highest BCUT2D eigenvalue weighted by molar-refractivity contribution is 7.20. The van der Waals surface area contributed by atoms with E-state index in [2.05, 4.69) is 40.7 Å². The van der Waals surface area contributed by atoms with E-state index in [1.807, 2.05) is 17.6 Å². The number of hydrogen-bond acceptors (Lipinski definition) is 6. The molecule has 0 aliphatic carbocycles. The molecule has 1 atom stereocenters. The van der Waals surface area contributed by atoms with Gasteiger partial charge in [-0.15, -0.1) is 5.10 Å². The van der Waals surface area contributed by atoms with Crippen LogP contribution in [0.1, 0.15) is 26.5 Å². The van der Waals surface area contributed by atoms with Crippen LogP contribution < -0.4 is 4.90 Å². The molecule has 1 aliphatic heterocycles. The SMILES string of the molecule is Cc1cn2nc(N3CCN(CC(O)C(C)(C)C)CC3)sc2n1. The first-order valence-electron chi connectivity index (χ1n) is 7.81. The number of imidazole rings is 1. The highest BCUT2D eigenvalue weighted by atomic mass is 32.1. The molecule has 122 valence electrons. The van der Waals surface area contributed by atoms with Gasteiger partial charge in [-0.2, -0.15) is 0 Å². The summed E-state index contributed by atoms with van der Waals surface area (Å²) in [5.74, 6) is 0. The molecule has 22 heavy (non-hydrogen) atoms. The molecular weight excluding hydrogens is 298 g/mol. The summed E-state index contributed by atoms with van der Waals surface area (Å²) < 4.78 is 1.87. The van der Waals surface area contributed by atoms with E-state index < -0.39 is 0 Å². The molecule has 0 bridgehead atoms. The van der Waals surface area contributed by atoms with Crippen LogP contribution in [0.2, 0.25) is 0 Å². The van der Waals surface area contributed by atoms with Crippen LogP contribution in [-0.4, -0.2) is 63.4 Å². The summed E-state index contributed by atoms with van der Waals surface area (Å²) in [5, 5.41) is 15.9. The average molecular weight is 323 g/mol. The minimum Gasteiger partial charge on any atom is -0.391 e. The van der Waals surface area contributed by atoms with Gasteiger partial charge < -0.3 is 10.0 Å². The Morgan fingerprint density at radius 3 is 2.55 bits per heavy atom. The number of fused-ring (bicyclic) bond motifs is 1. The summed E-state index contributed by atoms with van der Waals surface area (Å²) >= 11 is 1.64. The van der Waals surface area contributed by atoms with E-state index in [-0.39, 0.29) is 11.5 Å². The molecule has 3 heterocycles. The quantitative estimate of drug-likeness (QED) is 0.930. The fourth-order valence-corrected chi connectivity index (χ4v) is 3.55. The smallest absolute Gasteiger partial charge is 0.214 e. The molecule has 0 saturated carbocycles. The minimum absolute atomic E-state index is 0.0599. The summed E-state index contributed by atoms with van der Waals surface area (Å²) in [4.78, 5) is 10.1. The maximum Gasteiger partial charge on any atom is 0.214 e. The van der Waals surface area contributed by atoms with Crippen LogP contribution in [0.25, 0.3) is 4.96 Å². The van der Waals surface area contributed by atoms with Crippen molar-refractivity contribution in [2.45, 2.75) is 33.8 Å². The maximum atomic E-state index is 10.2. The van der Waals surface area contributed by atoms with Crippen LogP contribution in [-0.2, 0) is 0 Å². The van der Waals surface area contributed by atoms with Crippen LogP contribution in [0, 0.1) is 12.3 Å². The lowest BCUT2D eigenvalue weighted by molar-refractivity contribution is 0.0270. The van der Waals surface area contributed by atoms with Crippen LogP contribution in [0.3, 0.4) is 0 Å². The molecule has 1 unspecified atom stereocenters. The average Bonchev–Trinajstić information content (AvgIpc) is 2.95. The normalized spacial score (nSPS) is 19.0. The number of anilines is 1. The van der Waals surface area contributed by atoms with Crippen molar-refractivity contribution in [1.29, 1.82) is 0 Å². The Balaban J connectivity index is 1.58. The van der Waals surface area contributed by atoms with Crippen molar-refractivity contribution in [1.82, 2.24) is 19.5 Å². The third-order valence-corrected chi connectivity index (χ3v) is 5.21. The molecule has 3 rings (SSSR count). The molecule has 1 N–H and O–H groups in total. The summed E-state index contributed by atoms with van der Waals surface area (Å²) in [6.45, 7) is 12.8. The first-order valence-corrected chi connectivity index (χ1v) is 8.63. The molecule has 2 aromatic heterocycles. The predicted molar refractivity (Wildman–Crippen MR) is 89.7 cm³/mol. The van der Waals surface area contributed by atoms with Gasteiger partial charge in [-0.25, -0.2) is 9.50 Å². The predicted octanol–water partition coefficient (Wildman–Crippen LogP) is 1.63. The van der Waals surface area contributed by atoms with E-state index in [0.29, 0.717) is 0 Å². The van der Waals surface area contributed by atoms with Crippen molar-refractivity contribution in [3.05, 3.63) is 11.9 Å². The number of aryl methyl sites for hydroxylation is 1. The number of aromatic nitrogens is 3. The molecular formula is C15H25N5OS. The molecule has 0 radical (unpaired) electrons. The fourth-order valence-electron chi connectivity index (χ4n) is 2.57. The molecule has 0 amide bonds. The fraction of sp³-hybridized carbons (Fsp3) is 0.733. The highest BCUT2D eigenvalue weighted by Crippen LogP contribution is 2.25. The third kappa shape index (κ3) is 3.26. The number of β-amino-alcohol motifs (C(OH)–C–C–N with tert-alkyl or cyclic N) is 1. The van der Waals surface area contributed by atoms with Gasteiger partial charge in [0.1, 0.15) is 0 Å². The Kier molecular flexibility index (Phi) is 4.13. The number of aliphatic hydroxyl groups is 1. The second-order valence-electron chi connectivity index (χ2n) is 7.16. The van der Waals surface area contributed by atoms with Gasteiger partial charge >= 0.3 is 0 Å². The largest absolute Gasteiger partial charge is 0.391 e. The van der Waals surface area contributed by atoms with Crippen molar-refractivity contribution < 1.29 is 5.11 Å². The van der Waals surface area contributed by atoms with Crippen LogP contribution >= 0.6 is 11.3 Å². The maximum absolute atomic E-state index is 10.2. The Morgan fingerprint density at radius 1 is 1.27 bits per heavy atom. The van der Waals surface area contributed by atoms with E-state index in [9.17, 15) is 5.11 Å². The Labute approximate surface area is 135 Å². The van der Waals surface area contributed by atoms with E-state index in [0.717, 1.165) is 48.5 Å². The molecule has 0 aromatic carbocycles. The van der Waals surface area contributed by atoms with E-state index >= 15 is 0 Å². The van der Waals surface area contributed by atoms with Crippen LogP contribution in [0.4, 0.5) is 5.13 Å². The highest BCUT2D eigenvalue weighted by Gasteiger charge is 2.27. The van der Waals surface area contributed by atoms with Crippen molar-refractivity contribution in [2.75, 3.05) is 37.6 Å². The first-order chi connectivity index (χ1) is 10.3. The second-order valence-corrected chi connectivity index (χ2v) is 8.10. The number of piperazine rings is 1. The Morgan fingerprint density at radius 2 is 1.95 bits per heavy atom. The van der Waals surface area contributed by atoms with Gasteiger partial charge in [0.05, 0.1) is 18.0 Å². The number of aliphatic hydroxyl groups excluding tert-OH is 1. The summed E-state index contributed by atoms with van der Waals surface area (Å²) in [6.07, 6.45) is 1.68. The monoisotopic (exact) mass is 323 g/mol. The van der Waals surface area contributed by atoms with Gasteiger partial charge in [0.25, 0.3) is 0 Å². The van der Waals surface area contributed by atoms with Gasteiger partial charge in [-0.1, -0.05) is 32.1 Å². The van der Waals surface area contributed by atoms with E-state index in [1.165, 1.54) is 0 Å². The van der Waals surface area contributed by atoms with Gasteiger partial charge in [0, 0.05) is 32.7 Å². The molecule has 1 saturated heterocycles. The van der Waals surface area contributed by atoms with Crippen molar-refractivity contribution in [3.63, 3.8) is 0 Å². The van der Waals surface area contributed by atoms with Gasteiger partial charge in [-0.05, 0) is 12.3 Å². The zero-order chi connectivity index (χ0) is 15.9. The van der Waals surface area contributed by atoms with E-state index in [1.54, 1.807) is 11.3 Å². The van der Waals surface area contributed by atoms with Crippen molar-refractivity contribution in [3.8, 4) is 0 Å². The standard InChI is InChI=1S/C15H25N5OS/c1-11-9-20-13(16-11)22-14(17-20)19-7-5-18(6-8-19)10-12(21)15(2,3)4/h9,12,21H,5-8,10H2,1-4H3. The Bertz CT molecular complexity index is 604. The second kappa shape index (κ2) is 5.79. The number of nitrogens with zero attached hydrogens (tertiary/aromatic N) is 5. The summed E-state index contributed by atoms with van der Waals surface area (Å²) in [5.41, 5.74) is 0.946. The van der Waals surface area contributed by atoms with E-state index in [4.69, 9.17) is 0 Å². The van der Waals surface area contributed by atoms with Crippen LogP contribution in [0.5, 0.6) is 0 Å². The molecule has 0 spiro atoms. The topological polar surface area (TPSA) is 56.9 Å². The lowest BCUT2D eigenvalue weighted by Gasteiger charge is -2.37. The zero-order valence-electron chi connectivity index (χ0n) is 13.8. The van der Waals surface area contributed by atoms with Crippen molar-refractivity contribution in [2.24, 2.45) is 5.41 Å². The van der Waals surface area contributed by atoms with Gasteiger partial charge in [-0.3, -0.25) is 4.90 Å². The molecule has 1 fully saturated rings. The van der Waals surface area contributed by atoms with Gasteiger partial charge in [0.15, 0.2) is 0 Å². The lowest BCUT2D eigenvalue weighted by Crippen LogP contribution is -2.50. The molecule has 6 nitrogen and oxygen atoms in total. The first kappa shape index (κ1) is 15.7. The number of rotatable bonds is 3. The molecule has 1 aliphatic rings. The van der Waals surface area contributed by atoms with Crippen molar-refractivity contribution >= 4 is 21.4 Å². The Hall–Kier alpha value is -1.18. The minimum atomic E-state index is -0.287. The summed E-state index contributed by atoms with van der Waals surface area (Å²) in [6, 6.07) is 0.